The molecule has 0 aromatic carbocycles. The predicted molar refractivity (Wildman–Crippen MR) is 84.1 cm³/mol. The van der Waals surface area contributed by atoms with Gasteiger partial charge in [0.2, 0.25) is 0 Å². The van der Waals surface area contributed by atoms with E-state index in [9.17, 15) is 0 Å². The van der Waals surface area contributed by atoms with Gasteiger partial charge >= 0.3 is 0 Å². The van der Waals surface area contributed by atoms with Gasteiger partial charge in [-0.3, -0.25) is 4.99 Å². The molecule has 1 aliphatic heterocycles. The summed E-state index contributed by atoms with van der Waals surface area (Å²) in [6.45, 7) is 9.44. The van der Waals surface area contributed by atoms with Gasteiger partial charge in [0.05, 0.1) is 6.54 Å². The van der Waals surface area contributed by atoms with Gasteiger partial charge in [-0.05, 0) is 37.5 Å². The maximum Gasteiger partial charge on any atom is 0.123 e. The normalized spacial score (nSPS) is 30.3. The lowest BCUT2D eigenvalue weighted by atomic mass is 9.80. The summed E-state index contributed by atoms with van der Waals surface area (Å²) < 4.78 is 0. The Balaban J connectivity index is 1.93. The molecule has 2 aliphatic rings. The minimum atomic E-state index is 0.383. The van der Waals surface area contributed by atoms with Gasteiger partial charge in [0.25, 0.3) is 0 Å². The Labute approximate surface area is 118 Å². The molecule has 106 valence electrons. The molecule has 2 atom stereocenters. The second kappa shape index (κ2) is 6.49. The van der Waals surface area contributed by atoms with E-state index in [0.717, 1.165) is 18.8 Å². The quantitative estimate of drug-likeness (QED) is 0.587. The molecule has 1 aliphatic carbocycles. The molecule has 0 bridgehead atoms. The fourth-order valence-corrected chi connectivity index (χ4v) is 3.55. The van der Waals surface area contributed by atoms with Crippen LogP contribution in [0.3, 0.4) is 0 Å². The second-order valence-corrected chi connectivity index (χ2v) is 6.20. The zero-order valence-corrected chi connectivity index (χ0v) is 12.6. The molecule has 19 heavy (non-hydrogen) atoms. The molecule has 2 unspecified atom stereocenters. The lowest BCUT2D eigenvalue weighted by Gasteiger charge is -2.24. The Kier molecular flexibility index (Phi) is 4.95. The van der Waals surface area contributed by atoms with Crippen LogP contribution in [0.15, 0.2) is 22.6 Å². The smallest absolute Gasteiger partial charge is 0.123 e. The van der Waals surface area contributed by atoms with Crippen LogP contribution in [0.25, 0.3) is 0 Å². The average molecular weight is 260 g/mol. The zero-order valence-electron chi connectivity index (χ0n) is 12.6. The summed E-state index contributed by atoms with van der Waals surface area (Å²) in [5.74, 6) is 1.76. The molecule has 1 saturated carbocycles. The number of rotatable bonds is 7. The highest BCUT2D eigenvalue weighted by atomic mass is 15.0. The predicted octanol–water partition coefficient (Wildman–Crippen LogP) is 4.80. The van der Waals surface area contributed by atoms with E-state index in [1.807, 2.05) is 0 Å². The van der Waals surface area contributed by atoms with Crippen molar-refractivity contribution in [1.29, 1.82) is 0 Å². The maximum absolute atomic E-state index is 4.80. The van der Waals surface area contributed by atoms with Crippen molar-refractivity contribution in [2.45, 2.75) is 65.2 Å². The fourth-order valence-electron chi connectivity index (χ4n) is 3.55. The van der Waals surface area contributed by atoms with Crippen LogP contribution < -0.4 is 0 Å². The molecule has 0 radical (unpaired) electrons. The number of hydrogen-bond acceptors (Lipinski definition) is 2. The maximum atomic E-state index is 4.80. The summed E-state index contributed by atoms with van der Waals surface area (Å²) >= 11 is 0. The monoisotopic (exact) mass is 260 g/mol. The first-order chi connectivity index (χ1) is 9.23. The Morgan fingerprint density at radius 1 is 1.37 bits per heavy atom. The molecule has 2 heteroatoms. The molecule has 0 N–H and O–H groups in total. The van der Waals surface area contributed by atoms with E-state index < -0.39 is 0 Å². The molecule has 0 amide bonds. The van der Waals surface area contributed by atoms with E-state index >= 15 is 0 Å². The van der Waals surface area contributed by atoms with Crippen molar-refractivity contribution >= 4 is 11.5 Å². The molecule has 0 aromatic rings. The molecule has 0 saturated heterocycles. The van der Waals surface area contributed by atoms with E-state index in [0.29, 0.717) is 11.3 Å². The molecule has 0 aromatic heterocycles. The topological polar surface area (TPSA) is 24.7 Å². The Bertz CT molecular complexity index is 381. The summed E-state index contributed by atoms with van der Waals surface area (Å²) in [6.07, 6.45) is 12.1. The van der Waals surface area contributed by atoms with Crippen LogP contribution in [-0.2, 0) is 0 Å². The molecule has 0 spiro atoms. The average Bonchev–Trinajstić information content (AvgIpc) is 3.04. The van der Waals surface area contributed by atoms with Crippen LogP contribution in [0.4, 0.5) is 0 Å². The van der Waals surface area contributed by atoms with Gasteiger partial charge in [-0.2, -0.15) is 0 Å². The van der Waals surface area contributed by atoms with Crippen LogP contribution in [-0.4, -0.2) is 18.1 Å². The summed E-state index contributed by atoms with van der Waals surface area (Å²) in [7, 11) is 0. The van der Waals surface area contributed by atoms with Crippen molar-refractivity contribution in [3.05, 3.63) is 12.7 Å². The Morgan fingerprint density at radius 3 is 2.89 bits per heavy atom. The molecule has 1 fully saturated rings. The SMILES string of the molecule is C=CC1(CCC)CCC(C2=NC(CCCC)=NC2)C1. The first kappa shape index (κ1) is 14.5. The summed E-state index contributed by atoms with van der Waals surface area (Å²) in [5, 5.41) is 0. The lowest BCUT2D eigenvalue weighted by molar-refractivity contribution is 0.354. The van der Waals surface area contributed by atoms with E-state index in [1.165, 1.54) is 50.7 Å². The zero-order chi connectivity index (χ0) is 13.7. The van der Waals surface area contributed by atoms with Gasteiger partial charge in [0.15, 0.2) is 0 Å². The first-order valence-electron chi connectivity index (χ1n) is 7.97. The van der Waals surface area contributed by atoms with Gasteiger partial charge in [0, 0.05) is 18.1 Å². The van der Waals surface area contributed by atoms with Gasteiger partial charge in [-0.25, -0.2) is 4.99 Å². The van der Waals surface area contributed by atoms with Crippen molar-refractivity contribution in [1.82, 2.24) is 0 Å². The van der Waals surface area contributed by atoms with E-state index in [-0.39, 0.29) is 0 Å². The summed E-state index contributed by atoms with van der Waals surface area (Å²) in [5.41, 5.74) is 1.74. The van der Waals surface area contributed by atoms with Crippen LogP contribution in [0.2, 0.25) is 0 Å². The highest BCUT2D eigenvalue weighted by molar-refractivity contribution is 6.05. The van der Waals surface area contributed by atoms with Crippen molar-refractivity contribution in [3.63, 3.8) is 0 Å². The van der Waals surface area contributed by atoms with Crippen LogP contribution in [0.5, 0.6) is 0 Å². The number of amidine groups is 1. The van der Waals surface area contributed by atoms with Crippen molar-refractivity contribution in [2.24, 2.45) is 21.3 Å². The fraction of sp³-hybridized carbons (Fsp3) is 0.765. The van der Waals surface area contributed by atoms with E-state index in [2.05, 4.69) is 31.5 Å². The third kappa shape index (κ3) is 3.34. The molecular weight excluding hydrogens is 232 g/mol. The minimum absolute atomic E-state index is 0.383. The number of unbranched alkanes of at least 4 members (excludes halogenated alkanes) is 1. The molecule has 2 nitrogen and oxygen atoms in total. The van der Waals surface area contributed by atoms with Crippen LogP contribution >= 0.6 is 0 Å². The minimum Gasteiger partial charge on any atom is -0.264 e. The van der Waals surface area contributed by atoms with Crippen molar-refractivity contribution < 1.29 is 0 Å². The third-order valence-electron chi connectivity index (χ3n) is 4.75. The van der Waals surface area contributed by atoms with Crippen LogP contribution in [0, 0.1) is 11.3 Å². The van der Waals surface area contributed by atoms with E-state index in [4.69, 9.17) is 4.99 Å². The first-order valence-corrected chi connectivity index (χ1v) is 7.97. The largest absolute Gasteiger partial charge is 0.264 e. The van der Waals surface area contributed by atoms with Gasteiger partial charge in [-0.1, -0.05) is 32.8 Å². The van der Waals surface area contributed by atoms with Gasteiger partial charge in [-0.15, -0.1) is 6.58 Å². The van der Waals surface area contributed by atoms with Crippen LogP contribution in [0.1, 0.15) is 65.2 Å². The molecule has 1 heterocycles. The van der Waals surface area contributed by atoms with E-state index in [1.54, 1.807) is 0 Å². The summed E-state index contributed by atoms with van der Waals surface area (Å²) in [6, 6.07) is 0. The second-order valence-electron chi connectivity index (χ2n) is 6.20. The Morgan fingerprint density at radius 2 is 2.21 bits per heavy atom. The van der Waals surface area contributed by atoms with Gasteiger partial charge in [0.1, 0.15) is 5.84 Å². The standard InChI is InChI=1S/C17H28N2/c1-4-7-8-16-18-13-15(19-16)14-9-11-17(6-3,12-14)10-5-2/h6,14H,3-5,7-13H2,1-2H3. The number of hydrogen-bond donors (Lipinski definition) is 0. The molecular formula is C17H28N2. The number of allylic oxidation sites excluding steroid dienone is 1. The lowest BCUT2D eigenvalue weighted by Crippen LogP contribution is -2.17. The van der Waals surface area contributed by atoms with Crippen molar-refractivity contribution in [2.75, 3.05) is 6.54 Å². The third-order valence-corrected chi connectivity index (χ3v) is 4.75. The number of aliphatic imine (C=N–C) groups is 2. The number of nitrogens with zero attached hydrogens (tertiary/aromatic N) is 2. The highest BCUT2D eigenvalue weighted by Gasteiger charge is 2.38. The van der Waals surface area contributed by atoms with Crippen molar-refractivity contribution in [3.8, 4) is 0 Å². The molecule has 2 rings (SSSR count). The highest BCUT2D eigenvalue weighted by Crippen LogP contribution is 2.46. The Hall–Kier alpha value is -0.920. The summed E-state index contributed by atoms with van der Waals surface area (Å²) in [4.78, 5) is 9.41. The van der Waals surface area contributed by atoms with Gasteiger partial charge < -0.3 is 0 Å².